The molecule has 0 radical (unpaired) electrons. The molecule has 0 bridgehead atoms. The van der Waals surface area contributed by atoms with Crippen LogP contribution in [0.5, 0.6) is 0 Å². The highest BCUT2D eigenvalue weighted by molar-refractivity contribution is 5.27. The van der Waals surface area contributed by atoms with Gasteiger partial charge in [-0.1, -0.05) is 12.1 Å². The van der Waals surface area contributed by atoms with Gasteiger partial charge in [-0.05, 0) is 25.1 Å². The number of hydrogen-bond donors (Lipinski definition) is 1. The topological polar surface area (TPSA) is 30.5 Å². The van der Waals surface area contributed by atoms with E-state index in [1.54, 1.807) is 6.07 Å². The molecule has 2 aliphatic rings. The summed E-state index contributed by atoms with van der Waals surface area (Å²) >= 11 is 0. The Hall–Kier alpha value is -1.11. The Morgan fingerprint density at radius 2 is 1.95 bits per heavy atom. The zero-order chi connectivity index (χ0) is 13.5. The molecule has 19 heavy (non-hydrogen) atoms. The van der Waals surface area contributed by atoms with Crippen LogP contribution in [0.4, 0.5) is 13.2 Å². The molecule has 0 aromatic heterocycles. The van der Waals surface area contributed by atoms with E-state index in [0.29, 0.717) is 12.1 Å². The quantitative estimate of drug-likeness (QED) is 0.852. The number of fused-ring (bicyclic) bond motifs is 1. The molecule has 1 aromatic carbocycles. The second-order valence-electron chi connectivity index (χ2n) is 4.80. The third-order valence-corrected chi connectivity index (χ3v) is 3.45. The van der Waals surface area contributed by atoms with Crippen LogP contribution in [0.3, 0.4) is 0 Å². The van der Waals surface area contributed by atoms with E-state index in [0.717, 1.165) is 25.1 Å². The summed E-state index contributed by atoms with van der Waals surface area (Å²) in [4.78, 5) is 0. The van der Waals surface area contributed by atoms with Crippen LogP contribution in [-0.2, 0) is 15.7 Å². The van der Waals surface area contributed by atoms with Crippen LogP contribution >= 0.6 is 0 Å². The van der Waals surface area contributed by atoms with Gasteiger partial charge in [0.1, 0.15) is 0 Å². The lowest BCUT2D eigenvalue weighted by Crippen LogP contribution is -2.41. The first-order valence-corrected chi connectivity index (χ1v) is 6.23. The fourth-order valence-corrected chi connectivity index (χ4v) is 2.47. The number of nitrogens with one attached hydrogen (secondary N) is 1. The summed E-state index contributed by atoms with van der Waals surface area (Å²) in [5, 5.41) is 3.18. The average Bonchev–Trinajstić information content (AvgIpc) is 2.81. The molecule has 2 fully saturated rings. The van der Waals surface area contributed by atoms with Gasteiger partial charge in [-0.2, -0.15) is 13.2 Å². The summed E-state index contributed by atoms with van der Waals surface area (Å²) in [5.41, 5.74) is -0.255. The third-order valence-electron chi connectivity index (χ3n) is 3.45. The van der Waals surface area contributed by atoms with Crippen molar-refractivity contribution in [2.24, 2.45) is 0 Å². The molecule has 3 atom stereocenters. The molecular formula is C13H14F3NO2. The fraction of sp³-hybridized carbons (Fsp3) is 0.538. The highest BCUT2D eigenvalue weighted by Crippen LogP contribution is 2.36. The summed E-state index contributed by atoms with van der Waals surface area (Å²) in [6, 6.07) is 5.12. The van der Waals surface area contributed by atoms with Crippen LogP contribution in [0.15, 0.2) is 24.3 Å². The smallest absolute Gasteiger partial charge is 0.342 e. The Morgan fingerprint density at radius 1 is 1.16 bits per heavy atom. The fourth-order valence-electron chi connectivity index (χ4n) is 2.47. The lowest BCUT2D eigenvalue weighted by molar-refractivity contribution is -0.137. The predicted octanol–water partition coefficient (Wildman–Crippen LogP) is 2.48. The summed E-state index contributed by atoms with van der Waals surface area (Å²) in [6.45, 7) is 1.53. The van der Waals surface area contributed by atoms with E-state index in [1.807, 2.05) is 0 Å². The van der Waals surface area contributed by atoms with E-state index in [-0.39, 0.29) is 12.2 Å². The Balaban J connectivity index is 1.80. The molecule has 6 heteroatoms. The van der Waals surface area contributed by atoms with Crippen molar-refractivity contribution in [2.75, 3.05) is 13.1 Å². The summed E-state index contributed by atoms with van der Waals surface area (Å²) < 4.78 is 49.3. The maximum Gasteiger partial charge on any atom is 0.416 e. The van der Waals surface area contributed by atoms with E-state index < -0.39 is 18.0 Å². The molecule has 0 aliphatic carbocycles. The van der Waals surface area contributed by atoms with Gasteiger partial charge in [0.25, 0.3) is 0 Å². The van der Waals surface area contributed by atoms with Gasteiger partial charge < -0.3 is 14.8 Å². The Kier molecular flexibility index (Phi) is 3.24. The van der Waals surface area contributed by atoms with Crippen LogP contribution in [0.2, 0.25) is 0 Å². The molecule has 3 rings (SSSR count). The van der Waals surface area contributed by atoms with Crippen molar-refractivity contribution in [3.05, 3.63) is 35.4 Å². The molecule has 3 unspecified atom stereocenters. The van der Waals surface area contributed by atoms with Gasteiger partial charge in [-0.25, -0.2) is 0 Å². The lowest BCUT2D eigenvalue weighted by atomic mass is 10.1. The van der Waals surface area contributed by atoms with Crippen molar-refractivity contribution < 1.29 is 22.6 Å². The highest BCUT2D eigenvalue weighted by atomic mass is 19.4. The normalized spacial score (nSPS) is 31.2. The molecule has 104 valence electrons. The Labute approximate surface area is 108 Å². The number of halogens is 3. The van der Waals surface area contributed by atoms with Crippen molar-refractivity contribution in [3.8, 4) is 0 Å². The monoisotopic (exact) mass is 273 g/mol. The Bertz CT molecular complexity index is 449. The zero-order valence-electron chi connectivity index (χ0n) is 10.1. The largest absolute Gasteiger partial charge is 0.416 e. The van der Waals surface area contributed by atoms with E-state index >= 15 is 0 Å². The number of piperidine rings is 1. The van der Waals surface area contributed by atoms with Crippen molar-refractivity contribution in [2.45, 2.75) is 31.1 Å². The summed E-state index contributed by atoms with van der Waals surface area (Å²) in [6.07, 6.45) is -4.32. The first kappa shape index (κ1) is 12.9. The lowest BCUT2D eigenvalue weighted by Gasteiger charge is -2.22. The van der Waals surface area contributed by atoms with Crippen LogP contribution in [0.1, 0.15) is 23.8 Å². The van der Waals surface area contributed by atoms with Crippen LogP contribution in [0, 0.1) is 0 Å². The summed E-state index contributed by atoms with van der Waals surface area (Å²) in [7, 11) is 0. The molecule has 0 saturated carbocycles. The van der Waals surface area contributed by atoms with E-state index in [2.05, 4.69) is 5.32 Å². The van der Waals surface area contributed by atoms with Crippen molar-refractivity contribution in [1.29, 1.82) is 0 Å². The van der Waals surface area contributed by atoms with E-state index in [4.69, 9.17) is 9.47 Å². The maximum absolute atomic E-state index is 12.7. The summed E-state index contributed by atoms with van der Waals surface area (Å²) in [5.74, 6) is 0. The molecule has 2 saturated heterocycles. The SMILES string of the molecule is FC(F)(F)c1cccc(C2OC3CCNCC3O2)c1. The Morgan fingerprint density at radius 3 is 2.68 bits per heavy atom. The van der Waals surface area contributed by atoms with Crippen LogP contribution in [-0.4, -0.2) is 25.3 Å². The molecule has 1 N–H and O–H groups in total. The minimum Gasteiger partial charge on any atom is -0.342 e. The van der Waals surface area contributed by atoms with Gasteiger partial charge in [0.05, 0.1) is 17.8 Å². The molecule has 2 aliphatic heterocycles. The van der Waals surface area contributed by atoms with E-state index in [1.165, 1.54) is 6.07 Å². The number of benzene rings is 1. The second kappa shape index (κ2) is 4.77. The van der Waals surface area contributed by atoms with Crippen LogP contribution in [0.25, 0.3) is 0 Å². The molecule has 3 nitrogen and oxygen atoms in total. The minimum absolute atomic E-state index is 0.0270. The average molecular weight is 273 g/mol. The van der Waals surface area contributed by atoms with Gasteiger partial charge in [-0.3, -0.25) is 0 Å². The standard InChI is InChI=1S/C13H14F3NO2/c14-13(15,16)9-3-1-2-8(6-9)12-18-10-4-5-17-7-11(10)19-12/h1-3,6,10-12,17H,4-5,7H2. The number of hydrogen-bond acceptors (Lipinski definition) is 3. The van der Waals surface area contributed by atoms with Gasteiger partial charge in [0.2, 0.25) is 0 Å². The van der Waals surface area contributed by atoms with Gasteiger partial charge in [0.15, 0.2) is 6.29 Å². The van der Waals surface area contributed by atoms with Crippen LogP contribution < -0.4 is 5.32 Å². The number of rotatable bonds is 1. The van der Waals surface area contributed by atoms with Gasteiger partial charge in [0, 0.05) is 12.1 Å². The van der Waals surface area contributed by atoms with Crippen molar-refractivity contribution >= 4 is 0 Å². The second-order valence-corrected chi connectivity index (χ2v) is 4.80. The van der Waals surface area contributed by atoms with Crippen molar-refractivity contribution in [1.82, 2.24) is 5.32 Å². The first-order valence-electron chi connectivity index (χ1n) is 6.23. The van der Waals surface area contributed by atoms with Gasteiger partial charge >= 0.3 is 6.18 Å². The molecule has 1 aromatic rings. The minimum atomic E-state index is -4.34. The molecule has 2 heterocycles. The van der Waals surface area contributed by atoms with Gasteiger partial charge in [-0.15, -0.1) is 0 Å². The predicted molar refractivity (Wildman–Crippen MR) is 61.4 cm³/mol. The van der Waals surface area contributed by atoms with E-state index in [9.17, 15) is 13.2 Å². The molecule has 0 amide bonds. The first-order chi connectivity index (χ1) is 9.04. The molecule has 0 spiro atoms. The zero-order valence-corrected chi connectivity index (χ0v) is 10.1. The third kappa shape index (κ3) is 2.61. The maximum atomic E-state index is 12.7. The van der Waals surface area contributed by atoms with Crippen molar-refractivity contribution in [3.63, 3.8) is 0 Å². The molecular weight excluding hydrogens is 259 g/mol. The number of alkyl halides is 3. The number of ether oxygens (including phenoxy) is 2. The highest BCUT2D eigenvalue weighted by Gasteiger charge is 2.39.